The number of ether oxygens (including phenoxy) is 1. The van der Waals surface area contributed by atoms with Crippen LogP contribution in [0, 0.1) is 0 Å². The lowest BCUT2D eigenvalue weighted by atomic mass is 9.98. The Morgan fingerprint density at radius 3 is 2.86 bits per heavy atom. The van der Waals surface area contributed by atoms with Crippen molar-refractivity contribution in [3.05, 3.63) is 29.3 Å². The van der Waals surface area contributed by atoms with E-state index in [0.717, 1.165) is 12.4 Å². The zero-order valence-electron chi connectivity index (χ0n) is 9.00. The minimum absolute atomic E-state index is 0.365. The highest BCUT2D eigenvalue weighted by Gasteiger charge is 2.22. The first-order valence-electron chi connectivity index (χ1n) is 5.16. The standard InChI is InChI=1S/C12H17NO/c1-8(2)9-4-5-12-10(6-9)11(13-3)7-14-12/h4-6,8,11,13H,7H2,1-3H3. The Morgan fingerprint density at radius 1 is 1.43 bits per heavy atom. The fraction of sp³-hybridized carbons (Fsp3) is 0.500. The van der Waals surface area contributed by atoms with Gasteiger partial charge in [-0.2, -0.15) is 0 Å². The highest BCUT2D eigenvalue weighted by molar-refractivity contribution is 5.43. The quantitative estimate of drug-likeness (QED) is 0.775. The third-order valence-electron chi connectivity index (χ3n) is 2.83. The maximum absolute atomic E-state index is 5.57. The van der Waals surface area contributed by atoms with Crippen LogP contribution in [-0.2, 0) is 0 Å². The van der Waals surface area contributed by atoms with Gasteiger partial charge in [0.15, 0.2) is 0 Å². The van der Waals surface area contributed by atoms with Crippen molar-refractivity contribution in [3.8, 4) is 5.75 Å². The molecule has 1 atom stereocenters. The summed E-state index contributed by atoms with van der Waals surface area (Å²) >= 11 is 0. The first kappa shape index (κ1) is 9.53. The van der Waals surface area contributed by atoms with Gasteiger partial charge < -0.3 is 10.1 Å². The van der Waals surface area contributed by atoms with Crippen molar-refractivity contribution in [3.63, 3.8) is 0 Å². The van der Waals surface area contributed by atoms with E-state index in [-0.39, 0.29) is 0 Å². The summed E-state index contributed by atoms with van der Waals surface area (Å²) in [5.41, 5.74) is 2.69. The average Bonchev–Trinajstić information content (AvgIpc) is 2.59. The van der Waals surface area contributed by atoms with Crippen LogP contribution in [0.1, 0.15) is 36.9 Å². The Kier molecular flexibility index (Phi) is 2.46. The predicted octanol–water partition coefficient (Wildman–Crippen LogP) is 2.46. The molecule has 1 heterocycles. The van der Waals surface area contributed by atoms with Crippen molar-refractivity contribution >= 4 is 0 Å². The lowest BCUT2D eigenvalue weighted by molar-refractivity contribution is 0.318. The van der Waals surface area contributed by atoms with E-state index in [0.29, 0.717) is 12.0 Å². The number of fused-ring (bicyclic) bond motifs is 1. The highest BCUT2D eigenvalue weighted by Crippen LogP contribution is 2.34. The third-order valence-corrected chi connectivity index (χ3v) is 2.83. The molecule has 0 fully saturated rings. The molecule has 76 valence electrons. The molecule has 1 aromatic carbocycles. The molecule has 0 saturated carbocycles. The smallest absolute Gasteiger partial charge is 0.124 e. The van der Waals surface area contributed by atoms with Crippen molar-refractivity contribution in [1.29, 1.82) is 0 Å². The zero-order chi connectivity index (χ0) is 10.1. The Morgan fingerprint density at radius 2 is 2.21 bits per heavy atom. The summed E-state index contributed by atoms with van der Waals surface area (Å²) in [7, 11) is 1.98. The summed E-state index contributed by atoms with van der Waals surface area (Å²) in [4.78, 5) is 0. The molecule has 1 aliphatic heterocycles. The summed E-state index contributed by atoms with van der Waals surface area (Å²) in [5.74, 6) is 1.62. The van der Waals surface area contributed by atoms with E-state index >= 15 is 0 Å². The summed E-state index contributed by atoms with van der Waals surface area (Å²) in [6.07, 6.45) is 0. The molecule has 2 nitrogen and oxygen atoms in total. The fourth-order valence-corrected chi connectivity index (χ4v) is 1.83. The van der Waals surface area contributed by atoms with Gasteiger partial charge in [0, 0.05) is 5.56 Å². The van der Waals surface area contributed by atoms with Gasteiger partial charge >= 0.3 is 0 Å². The van der Waals surface area contributed by atoms with E-state index in [4.69, 9.17) is 4.74 Å². The molecule has 2 rings (SSSR count). The van der Waals surface area contributed by atoms with Crippen molar-refractivity contribution in [1.82, 2.24) is 5.32 Å². The highest BCUT2D eigenvalue weighted by atomic mass is 16.5. The second-order valence-corrected chi connectivity index (χ2v) is 4.10. The number of likely N-dealkylation sites (N-methyl/N-ethyl adjacent to an activating group) is 1. The van der Waals surface area contributed by atoms with Crippen LogP contribution in [0.5, 0.6) is 5.75 Å². The molecule has 0 amide bonds. The van der Waals surface area contributed by atoms with Crippen LogP contribution in [0.15, 0.2) is 18.2 Å². The topological polar surface area (TPSA) is 21.3 Å². The molecule has 0 saturated heterocycles. The lowest BCUT2D eigenvalue weighted by Crippen LogP contribution is -2.17. The molecule has 14 heavy (non-hydrogen) atoms. The minimum atomic E-state index is 0.365. The van der Waals surface area contributed by atoms with E-state index in [1.165, 1.54) is 11.1 Å². The first-order valence-corrected chi connectivity index (χ1v) is 5.16. The van der Waals surface area contributed by atoms with Gasteiger partial charge in [-0.15, -0.1) is 0 Å². The summed E-state index contributed by atoms with van der Waals surface area (Å²) in [5, 5.41) is 3.26. The van der Waals surface area contributed by atoms with Gasteiger partial charge in [0.05, 0.1) is 6.04 Å². The average molecular weight is 191 g/mol. The summed E-state index contributed by atoms with van der Waals surface area (Å²) in [6, 6.07) is 6.86. The number of benzene rings is 1. The predicted molar refractivity (Wildman–Crippen MR) is 57.8 cm³/mol. The van der Waals surface area contributed by atoms with Crippen LogP contribution in [0.25, 0.3) is 0 Å². The van der Waals surface area contributed by atoms with Gasteiger partial charge in [0.25, 0.3) is 0 Å². The Balaban J connectivity index is 2.37. The molecule has 0 bridgehead atoms. The largest absolute Gasteiger partial charge is 0.491 e. The zero-order valence-corrected chi connectivity index (χ0v) is 9.00. The molecule has 1 N–H and O–H groups in total. The molecule has 0 radical (unpaired) electrons. The second-order valence-electron chi connectivity index (χ2n) is 4.10. The Hall–Kier alpha value is -1.02. The molecular formula is C12H17NO. The van der Waals surface area contributed by atoms with Crippen LogP contribution >= 0.6 is 0 Å². The van der Waals surface area contributed by atoms with Gasteiger partial charge in [0.1, 0.15) is 12.4 Å². The number of hydrogen-bond donors (Lipinski definition) is 1. The van der Waals surface area contributed by atoms with Crippen LogP contribution < -0.4 is 10.1 Å². The molecule has 0 aliphatic carbocycles. The van der Waals surface area contributed by atoms with Crippen LogP contribution in [0.3, 0.4) is 0 Å². The number of nitrogens with one attached hydrogen (secondary N) is 1. The van der Waals surface area contributed by atoms with Gasteiger partial charge in [0.2, 0.25) is 0 Å². The molecule has 1 aliphatic rings. The normalized spacial score (nSPS) is 19.6. The van der Waals surface area contributed by atoms with E-state index in [2.05, 4.69) is 37.4 Å². The molecule has 1 unspecified atom stereocenters. The SMILES string of the molecule is CNC1COc2ccc(C(C)C)cc21. The van der Waals surface area contributed by atoms with Crippen molar-refractivity contribution in [2.45, 2.75) is 25.8 Å². The van der Waals surface area contributed by atoms with Crippen molar-refractivity contribution in [2.75, 3.05) is 13.7 Å². The fourth-order valence-electron chi connectivity index (χ4n) is 1.83. The number of hydrogen-bond acceptors (Lipinski definition) is 2. The molecule has 0 spiro atoms. The van der Waals surface area contributed by atoms with Crippen LogP contribution in [0.4, 0.5) is 0 Å². The van der Waals surface area contributed by atoms with E-state index in [9.17, 15) is 0 Å². The van der Waals surface area contributed by atoms with Gasteiger partial charge in [-0.05, 0) is 24.6 Å². The van der Waals surface area contributed by atoms with Crippen molar-refractivity contribution < 1.29 is 4.74 Å². The summed E-state index contributed by atoms with van der Waals surface area (Å²) < 4.78 is 5.57. The molecule has 0 aromatic heterocycles. The lowest BCUT2D eigenvalue weighted by Gasteiger charge is -2.10. The van der Waals surface area contributed by atoms with E-state index < -0.39 is 0 Å². The first-order chi connectivity index (χ1) is 6.72. The third kappa shape index (κ3) is 1.50. The minimum Gasteiger partial charge on any atom is -0.491 e. The van der Waals surface area contributed by atoms with Gasteiger partial charge in [-0.3, -0.25) is 0 Å². The Labute approximate surface area is 85.3 Å². The maximum Gasteiger partial charge on any atom is 0.124 e. The second kappa shape index (κ2) is 3.62. The van der Waals surface area contributed by atoms with Gasteiger partial charge in [-0.1, -0.05) is 26.0 Å². The van der Waals surface area contributed by atoms with E-state index in [1.54, 1.807) is 0 Å². The number of rotatable bonds is 2. The Bertz CT molecular complexity index is 333. The van der Waals surface area contributed by atoms with E-state index in [1.807, 2.05) is 7.05 Å². The summed E-state index contributed by atoms with van der Waals surface area (Å²) in [6.45, 7) is 5.19. The molecule has 1 aromatic rings. The molecule has 2 heteroatoms. The molecular weight excluding hydrogens is 174 g/mol. The van der Waals surface area contributed by atoms with Crippen LogP contribution in [-0.4, -0.2) is 13.7 Å². The van der Waals surface area contributed by atoms with Crippen molar-refractivity contribution in [2.24, 2.45) is 0 Å². The van der Waals surface area contributed by atoms with Crippen LogP contribution in [0.2, 0.25) is 0 Å². The monoisotopic (exact) mass is 191 g/mol. The van der Waals surface area contributed by atoms with Gasteiger partial charge in [-0.25, -0.2) is 0 Å². The maximum atomic E-state index is 5.57.